The Balaban J connectivity index is 1.66. The molecule has 0 radical (unpaired) electrons. The van der Waals surface area contributed by atoms with E-state index in [4.69, 9.17) is 4.74 Å². The third-order valence-corrected chi connectivity index (χ3v) is 5.08. The zero-order valence-corrected chi connectivity index (χ0v) is 15.7. The van der Waals surface area contributed by atoms with Crippen molar-refractivity contribution < 1.29 is 18.7 Å². The number of amides is 1. The molecular formula is C21H15FN2O3S. The van der Waals surface area contributed by atoms with Crippen molar-refractivity contribution in [2.45, 2.75) is 6.92 Å². The molecule has 0 fully saturated rings. The summed E-state index contributed by atoms with van der Waals surface area (Å²) in [6, 6.07) is 13.1. The molecule has 4 rings (SSSR count). The maximum absolute atomic E-state index is 14.2. The number of benzene rings is 2. The SMILES string of the molecule is CC(=O)N(c1nc(/C=C2\COc3ccccc3C2=O)cs1)c1ccccc1F. The van der Waals surface area contributed by atoms with Crippen molar-refractivity contribution in [3.63, 3.8) is 0 Å². The molecule has 3 aromatic rings. The molecule has 1 aliphatic heterocycles. The van der Waals surface area contributed by atoms with Gasteiger partial charge in [-0.3, -0.25) is 14.5 Å². The van der Waals surface area contributed by atoms with E-state index >= 15 is 0 Å². The zero-order chi connectivity index (χ0) is 19.7. The van der Waals surface area contributed by atoms with Crippen LogP contribution >= 0.6 is 11.3 Å². The Morgan fingerprint density at radius 1 is 1.21 bits per heavy atom. The molecule has 5 nitrogen and oxygen atoms in total. The van der Waals surface area contributed by atoms with E-state index in [-0.39, 0.29) is 24.0 Å². The number of para-hydroxylation sites is 2. The van der Waals surface area contributed by atoms with Crippen molar-refractivity contribution in [2.24, 2.45) is 0 Å². The van der Waals surface area contributed by atoms with Gasteiger partial charge in [-0.25, -0.2) is 9.37 Å². The Morgan fingerprint density at radius 3 is 2.75 bits per heavy atom. The highest BCUT2D eigenvalue weighted by Crippen LogP contribution is 2.32. The van der Waals surface area contributed by atoms with Crippen LogP contribution in [0.15, 0.2) is 59.5 Å². The van der Waals surface area contributed by atoms with Crippen LogP contribution in [0.2, 0.25) is 0 Å². The first-order valence-electron chi connectivity index (χ1n) is 8.52. The van der Waals surface area contributed by atoms with E-state index < -0.39 is 5.82 Å². The fourth-order valence-electron chi connectivity index (χ4n) is 2.95. The monoisotopic (exact) mass is 394 g/mol. The minimum atomic E-state index is -0.514. The standard InChI is InChI=1S/C21H15FN2O3S/c1-13(25)24(18-8-4-3-7-17(18)22)21-23-15(12-28-21)10-14-11-27-19-9-5-2-6-16(19)20(14)26/h2-10,12H,11H2,1H3/b14-10+. The third kappa shape index (κ3) is 3.32. The van der Waals surface area contributed by atoms with Crippen molar-refractivity contribution in [1.82, 2.24) is 4.98 Å². The van der Waals surface area contributed by atoms with Crippen LogP contribution < -0.4 is 9.64 Å². The normalized spacial score (nSPS) is 14.5. The summed E-state index contributed by atoms with van der Waals surface area (Å²) in [7, 11) is 0. The first kappa shape index (κ1) is 18.1. The van der Waals surface area contributed by atoms with Gasteiger partial charge in [-0.05, 0) is 30.3 Å². The molecule has 1 amide bonds. The van der Waals surface area contributed by atoms with Gasteiger partial charge in [0.25, 0.3) is 0 Å². The van der Waals surface area contributed by atoms with Crippen molar-refractivity contribution >= 4 is 39.9 Å². The number of thiazole rings is 1. The zero-order valence-electron chi connectivity index (χ0n) is 14.9. The topological polar surface area (TPSA) is 59.5 Å². The Labute approximate surface area is 164 Å². The lowest BCUT2D eigenvalue weighted by Crippen LogP contribution is -2.23. The minimum Gasteiger partial charge on any atom is -0.488 e. The molecule has 1 aromatic heterocycles. The van der Waals surface area contributed by atoms with Crippen LogP contribution in [0.3, 0.4) is 0 Å². The number of rotatable bonds is 3. The number of ether oxygens (including phenoxy) is 1. The predicted octanol–water partition coefficient (Wildman–Crippen LogP) is 4.63. The van der Waals surface area contributed by atoms with Gasteiger partial charge in [0.2, 0.25) is 5.91 Å². The molecule has 0 unspecified atom stereocenters. The second-order valence-corrected chi connectivity index (χ2v) is 6.98. The second kappa shape index (κ2) is 7.36. The number of nitrogens with zero attached hydrogens (tertiary/aromatic N) is 2. The molecule has 0 bridgehead atoms. The summed E-state index contributed by atoms with van der Waals surface area (Å²) in [5.74, 6) is -0.426. The van der Waals surface area contributed by atoms with Crippen LogP contribution in [-0.4, -0.2) is 23.3 Å². The lowest BCUT2D eigenvalue weighted by molar-refractivity contribution is -0.115. The van der Waals surface area contributed by atoms with E-state index in [2.05, 4.69) is 4.98 Å². The summed E-state index contributed by atoms with van der Waals surface area (Å²) in [5, 5.41) is 2.04. The Hall–Kier alpha value is -3.32. The lowest BCUT2D eigenvalue weighted by atomic mass is 10.00. The molecule has 28 heavy (non-hydrogen) atoms. The molecule has 0 N–H and O–H groups in total. The van der Waals surface area contributed by atoms with Gasteiger partial charge in [0.15, 0.2) is 10.9 Å². The van der Waals surface area contributed by atoms with Crippen LogP contribution in [0.4, 0.5) is 15.2 Å². The van der Waals surface area contributed by atoms with E-state index in [9.17, 15) is 14.0 Å². The average Bonchev–Trinajstić information content (AvgIpc) is 3.14. The number of halogens is 1. The average molecular weight is 394 g/mol. The summed E-state index contributed by atoms with van der Waals surface area (Å²) in [6.45, 7) is 1.49. The molecular weight excluding hydrogens is 379 g/mol. The number of aromatic nitrogens is 1. The molecule has 2 aromatic carbocycles. The summed E-state index contributed by atoms with van der Waals surface area (Å²) in [4.78, 5) is 30.4. The van der Waals surface area contributed by atoms with Gasteiger partial charge in [-0.2, -0.15) is 0 Å². The van der Waals surface area contributed by atoms with Gasteiger partial charge in [-0.15, -0.1) is 11.3 Å². The van der Waals surface area contributed by atoms with E-state index in [1.165, 1.54) is 35.3 Å². The molecule has 0 aliphatic carbocycles. The Bertz CT molecular complexity index is 1110. The van der Waals surface area contributed by atoms with Crippen molar-refractivity contribution in [3.05, 3.63) is 76.6 Å². The minimum absolute atomic E-state index is 0.117. The van der Waals surface area contributed by atoms with Crippen molar-refractivity contribution in [2.75, 3.05) is 11.5 Å². The van der Waals surface area contributed by atoms with Crippen LogP contribution in [0.25, 0.3) is 6.08 Å². The van der Waals surface area contributed by atoms with Crippen LogP contribution in [0.1, 0.15) is 23.0 Å². The lowest BCUT2D eigenvalue weighted by Gasteiger charge is -2.18. The predicted molar refractivity (Wildman–Crippen MR) is 106 cm³/mol. The molecule has 140 valence electrons. The first-order valence-corrected chi connectivity index (χ1v) is 9.40. The number of ketones is 1. The van der Waals surface area contributed by atoms with E-state index in [1.807, 2.05) is 6.07 Å². The molecule has 2 heterocycles. The van der Waals surface area contributed by atoms with Gasteiger partial charge in [-0.1, -0.05) is 24.3 Å². The molecule has 7 heteroatoms. The number of carbonyl (C=O) groups excluding carboxylic acids is 2. The number of hydrogen-bond acceptors (Lipinski definition) is 5. The van der Waals surface area contributed by atoms with Gasteiger partial charge in [0, 0.05) is 17.9 Å². The highest BCUT2D eigenvalue weighted by Gasteiger charge is 2.24. The van der Waals surface area contributed by atoms with E-state index in [1.54, 1.807) is 41.8 Å². The van der Waals surface area contributed by atoms with Gasteiger partial charge in [0.1, 0.15) is 18.2 Å². The number of hydrogen-bond donors (Lipinski definition) is 0. The number of Topliss-reactive ketones (excluding diaryl/α,β-unsaturated/α-hetero) is 1. The van der Waals surface area contributed by atoms with Crippen LogP contribution in [-0.2, 0) is 4.79 Å². The highest BCUT2D eigenvalue weighted by molar-refractivity contribution is 7.14. The summed E-state index contributed by atoms with van der Waals surface area (Å²) in [6.07, 6.45) is 1.64. The van der Waals surface area contributed by atoms with E-state index in [0.29, 0.717) is 27.7 Å². The fraction of sp³-hybridized carbons (Fsp3) is 0.0952. The quantitative estimate of drug-likeness (QED) is 0.608. The number of anilines is 2. The van der Waals surface area contributed by atoms with Crippen LogP contribution in [0.5, 0.6) is 5.75 Å². The first-order chi connectivity index (χ1) is 13.5. The smallest absolute Gasteiger partial charge is 0.230 e. The number of carbonyl (C=O) groups is 2. The number of fused-ring (bicyclic) bond motifs is 1. The molecule has 0 saturated heterocycles. The highest BCUT2D eigenvalue weighted by atomic mass is 32.1. The van der Waals surface area contributed by atoms with Gasteiger partial charge in [0.05, 0.1) is 16.9 Å². The summed E-state index contributed by atoms with van der Waals surface area (Å²) in [5.41, 5.74) is 1.62. The van der Waals surface area contributed by atoms with Gasteiger partial charge >= 0.3 is 0 Å². The molecule has 1 aliphatic rings. The third-order valence-electron chi connectivity index (χ3n) is 4.24. The Kier molecular flexibility index (Phi) is 4.75. The largest absolute Gasteiger partial charge is 0.488 e. The van der Waals surface area contributed by atoms with Crippen LogP contribution in [0, 0.1) is 5.82 Å². The van der Waals surface area contributed by atoms with Gasteiger partial charge < -0.3 is 4.74 Å². The molecule has 0 atom stereocenters. The Morgan fingerprint density at radius 2 is 1.96 bits per heavy atom. The molecule has 0 saturated carbocycles. The van der Waals surface area contributed by atoms with Crippen molar-refractivity contribution in [3.8, 4) is 5.75 Å². The maximum Gasteiger partial charge on any atom is 0.230 e. The molecule has 0 spiro atoms. The maximum atomic E-state index is 14.2. The second-order valence-electron chi connectivity index (χ2n) is 6.14. The summed E-state index contributed by atoms with van der Waals surface area (Å²) >= 11 is 1.20. The fourth-order valence-corrected chi connectivity index (χ4v) is 3.78. The summed E-state index contributed by atoms with van der Waals surface area (Å²) < 4.78 is 19.8. The van der Waals surface area contributed by atoms with Crippen molar-refractivity contribution in [1.29, 1.82) is 0 Å². The van der Waals surface area contributed by atoms with E-state index in [0.717, 1.165) is 0 Å².